The second kappa shape index (κ2) is 5.10. The topological polar surface area (TPSA) is 37.4 Å². The van der Waals surface area contributed by atoms with Crippen LogP contribution in [-0.2, 0) is 16.4 Å². The number of rotatable bonds is 2. The molecule has 0 radical (unpaired) electrons. The van der Waals surface area contributed by atoms with Crippen molar-refractivity contribution in [1.29, 1.82) is 0 Å². The summed E-state index contributed by atoms with van der Waals surface area (Å²) in [5.74, 6) is 0. The Balaban J connectivity index is 1.94. The third-order valence-corrected chi connectivity index (χ3v) is 6.42. The van der Waals surface area contributed by atoms with Gasteiger partial charge in [-0.05, 0) is 36.4 Å². The van der Waals surface area contributed by atoms with Crippen LogP contribution in [0, 0.1) is 0 Å². The zero-order valence-corrected chi connectivity index (χ0v) is 13.6. The minimum Gasteiger partial charge on any atom is -0.263 e. The largest absolute Gasteiger partial charge is 0.265 e. The fraction of sp³-hybridized carbons (Fsp3) is 0.158. The van der Waals surface area contributed by atoms with Gasteiger partial charge in [0.2, 0.25) is 0 Å². The first-order valence-electron chi connectivity index (χ1n) is 7.69. The summed E-state index contributed by atoms with van der Waals surface area (Å²) in [6, 6.07) is 20.7. The highest BCUT2D eigenvalue weighted by atomic mass is 32.2. The molecule has 0 bridgehead atoms. The van der Waals surface area contributed by atoms with E-state index in [-0.39, 0.29) is 6.04 Å². The quantitative estimate of drug-likeness (QED) is 0.715. The van der Waals surface area contributed by atoms with E-state index < -0.39 is 10.0 Å². The molecule has 1 heterocycles. The van der Waals surface area contributed by atoms with E-state index in [1.807, 2.05) is 67.6 Å². The van der Waals surface area contributed by atoms with Gasteiger partial charge in [0, 0.05) is 11.4 Å². The van der Waals surface area contributed by atoms with Gasteiger partial charge < -0.3 is 0 Å². The number of hydrogen-bond acceptors (Lipinski definition) is 2. The van der Waals surface area contributed by atoms with Gasteiger partial charge in [0.1, 0.15) is 0 Å². The Kier molecular flexibility index (Phi) is 3.16. The molecule has 0 aromatic heterocycles. The molecule has 0 amide bonds. The lowest BCUT2D eigenvalue weighted by Crippen LogP contribution is -2.35. The predicted octanol–water partition coefficient (Wildman–Crippen LogP) is 3.98. The summed E-state index contributed by atoms with van der Waals surface area (Å²) in [6.45, 7) is 1.96. The van der Waals surface area contributed by atoms with Crippen LogP contribution >= 0.6 is 0 Å². The molecule has 1 aliphatic heterocycles. The monoisotopic (exact) mass is 323 g/mol. The lowest BCUT2D eigenvalue weighted by atomic mass is 10.1. The fourth-order valence-corrected chi connectivity index (χ4v) is 5.34. The van der Waals surface area contributed by atoms with Gasteiger partial charge in [0.15, 0.2) is 0 Å². The molecule has 0 fully saturated rings. The van der Waals surface area contributed by atoms with Crippen molar-refractivity contribution in [2.45, 2.75) is 24.3 Å². The van der Waals surface area contributed by atoms with Crippen LogP contribution in [-0.4, -0.2) is 14.5 Å². The molecule has 0 saturated carbocycles. The Morgan fingerprint density at radius 3 is 2.48 bits per heavy atom. The minimum atomic E-state index is -3.59. The molecule has 23 heavy (non-hydrogen) atoms. The maximum Gasteiger partial charge on any atom is 0.265 e. The van der Waals surface area contributed by atoms with Crippen LogP contribution in [0.25, 0.3) is 10.8 Å². The van der Waals surface area contributed by atoms with Crippen molar-refractivity contribution in [2.75, 3.05) is 4.31 Å². The van der Waals surface area contributed by atoms with E-state index >= 15 is 0 Å². The second-order valence-corrected chi connectivity index (χ2v) is 7.74. The Morgan fingerprint density at radius 1 is 0.913 bits per heavy atom. The molecule has 3 nitrogen and oxygen atoms in total. The molecule has 0 saturated heterocycles. The SMILES string of the molecule is CC1Cc2ccccc2N1S(=O)(=O)c1cccc2ccccc12. The number of para-hydroxylation sites is 1. The summed E-state index contributed by atoms with van der Waals surface area (Å²) in [5.41, 5.74) is 1.89. The smallest absolute Gasteiger partial charge is 0.263 e. The van der Waals surface area contributed by atoms with E-state index in [0.29, 0.717) is 4.90 Å². The molecule has 1 unspecified atom stereocenters. The van der Waals surface area contributed by atoms with E-state index in [1.165, 1.54) is 0 Å². The zero-order valence-electron chi connectivity index (χ0n) is 12.8. The van der Waals surface area contributed by atoms with Crippen LogP contribution < -0.4 is 4.31 Å². The number of sulfonamides is 1. The lowest BCUT2D eigenvalue weighted by Gasteiger charge is -2.25. The molecule has 4 heteroatoms. The van der Waals surface area contributed by atoms with Gasteiger partial charge in [-0.3, -0.25) is 4.31 Å². The molecule has 0 spiro atoms. The summed E-state index contributed by atoms with van der Waals surface area (Å²) >= 11 is 0. The zero-order chi connectivity index (χ0) is 16.0. The van der Waals surface area contributed by atoms with Gasteiger partial charge in [-0.25, -0.2) is 8.42 Å². The Hall–Kier alpha value is -2.33. The van der Waals surface area contributed by atoms with Crippen molar-refractivity contribution in [2.24, 2.45) is 0 Å². The van der Waals surface area contributed by atoms with Gasteiger partial charge in [0.25, 0.3) is 10.0 Å². The summed E-state index contributed by atoms with van der Waals surface area (Å²) in [6.07, 6.45) is 0.750. The first-order valence-corrected chi connectivity index (χ1v) is 9.13. The summed E-state index contributed by atoms with van der Waals surface area (Å²) in [4.78, 5) is 0.374. The minimum absolute atomic E-state index is 0.0728. The maximum atomic E-state index is 13.3. The van der Waals surface area contributed by atoms with Crippen molar-refractivity contribution in [1.82, 2.24) is 0 Å². The number of hydrogen-bond donors (Lipinski definition) is 0. The third kappa shape index (κ3) is 2.13. The highest BCUT2D eigenvalue weighted by molar-refractivity contribution is 7.93. The number of fused-ring (bicyclic) bond motifs is 2. The lowest BCUT2D eigenvalue weighted by molar-refractivity contribution is 0.585. The molecule has 0 N–H and O–H groups in total. The first-order chi connectivity index (χ1) is 11.1. The van der Waals surface area contributed by atoms with Gasteiger partial charge in [-0.1, -0.05) is 54.6 Å². The number of anilines is 1. The number of benzene rings is 3. The molecule has 116 valence electrons. The van der Waals surface area contributed by atoms with Crippen molar-refractivity contribution >= 4 is 26.5 Å². The number of nitrogens with zero attached hydrogens (tertiary/aromatic N) is 1. The average molecular weight is 323 g/mol. The highest BCUT2D eigenvalue weighted by Gasteiger charge is 2.36. The van der Waals surface area contributed by atoms with Crippen molar-refractivity contribution in [3.05, 3.63) is 72.3 Å². The molecular formula is C19H17NO2S. The summed E-state index contributed by atoms with van der Waals surface area (Å²) in [7, 11) is -3.59. The molecule has 1 aliphatic rings. The third-order valence-electron chi connectivity index (χ3n) is 4.43. The summed E-state index contributed by atoms with van der Waals surface area (Å²) < 4.78 is 28.3. The van der Waals surface area contributed by atoms with E-state index in [9.17, 15) is 8.42 Å². The molecule has 3 aromatic rings. The molecular weight excluding hydrogens is 306 g/mol. The van der Waals surface area contributed by atoms with Gasteiger partial charge >= 0.3 is 0 Å². The van der Waals surface area contributed by atoms with Crippen LogP contribution in [0.2, 0.25) is 0 Å². The normalized spacial score (nSPS) is 17.4. The average Bonchev–Trinajstić information content (AvgIpc) is 2.90. The van der Waals surface area contributed by atoms with E-state index in [0.717, 1.165) is 28.4 Å². The summed E-state index contributed by atoms with van der Waals surface area (Å²) in [5, 5.41) is 1.71. The predicted molar refractivity (Wildman–Crippen MR) is 93.2 cm³/mol. The van der Waals surface area contributed by atoms with E-state index in [1.54, 1.807) is 10.4 Å². The van der Waals surface area contributed by atoms with Crippen molar-refractivity contribution < 1.29 is 8.42 Å². The maximum absolute atomic E-state index is 13.3. The molecule has 4 rings (SSSR count). The Labute approximate surface area is 136 Å². The van der Waals surface area contributed by atoms with Crippen LogP contribution in [0.3, 0.4) is 0 Å². The van der Waals surface area contributed by atoms with Gasteiger partial charge in [-0.2, -0.15) is 0 Å². The Morgan fingerprint density at radius 2 is 1.61 bits per heavy atom. The van der Waals surface area contributed by atoms with Crippen LogP contribution in [0.5, 0.6) is 0 Å². The Bertz CT molecular complexity index is 990. The first kappa shape index (κ1) is 14.3. The standard InChI is InChI=1S/C19H17NO2S/c1-14-13-16-8-3-5-11-18(16)20(14)23(21,22)19-12-6-9-15-7-2-4-10-17(15)19/h2-12,14H,13H2,1H3. The van der Waals surface area contributed by atoms with Crippen LogP contribution in [0.15, 0.2) is 71.6 Å². The van der Waals surface area contributed by atoms with Gasteiger partial charge in [0.05, 0.1) is 10.6 Å². The van der Waals surface area contributed by atoms with Crippen molar-refractivity contribution in [3.8, 4) is 0 Å². The van der Waals surface area contributed by atoms with Crippen LogP contribution in [0.4, 0.5) is 5.69 Å². The fourth-order valence-electron chi connectivity index (χ4n) is 3.43. The second-order valence-electron chi connectivity index (χ2n) is 5.96. The molecule has 3 aromatic carbocycles. The molecule has 0 aliphatic carbocycles. The molecule has 1 atom stereocenters. The van der Waals surface area contributed by atoms with Crippen LogP contribution in [0.1, 0.15) is 12.5 Å². The van der Waals surface area contributed by atoms with E-state index in [4.69, 9.17) is 0 Å². The van der Waals surface area contributed by atoms with Crippen molar-refractivity contribution in [3.63, 3.8) is 0 Å². The highest BCUT2D eigenvalue weighted by Crippen LogP contribution is 2.37. The van der Waals surface area contributed by atoms with E-state index in [2.05, 4.69) is 0 Å². The van der Waals surface area contributed by atoms with Gasteiger partial charge in [-0.15, -0.1) is 0 Å².